The van der Waals surface area contributed by atoms with Gasteiger partial charge in [-0.15, -0.1) is 0 Å². The third-order valence-corrected chi connectivity index (χ3v) is 5.05. The minimum Gasteiger partial charge on any atom is -0.324 e. The second-order valence-corrected chi connectivity index (χ2v) is 6.75. The number of rotatable bonds is 2. The maximum absolute atomic E-state index is 12.7. The molecule has 1 heterocycles. The van der Waals surface area contributed by atoms with Crippen LogP contribution in [0.1, 0.15) is 6.92 Å². The minimum atomic E-state index is -1.18. The van der Waals surface area contributed by atoms with Crippen molar-refractivity contribution in [3.05, 3.63) is 54.6 Å². The number of para-hydroxylation sites is 2. The Labute approximate surface area is 133 Å². The molecule has 1 unspecified atom stereocenters. The van der Waals surface area contributed by atoms with Gasteiger partial charge in [0.25, 0.3) is 5.91 Å². The fraction of sp³-hybridized carbons (Fsp3) is 0.176. The highest BCUT2D eigenvalue weighted by Crippen LogP contribution is 2.45. The summed E-state index contributed by atoms with van der Waals surface area (Å²) in [6.07, 6.45) is 0. The number of benzene rings is 2. The van der Waals surface area contributed by atoms with Crippen LogP contribution in [0.3, 0.4) is 0 Å². The SMILES string of the molecule is CN1C(=O)C(C)(C(=O)Nc2ccccc2)Sc2ccccc21. The Morgan fingerprint density at radius 3 is 2.45 bits per heavy atom. The highest BCUT2D eigenvalue weighted by Gasteiger charge is 2.48. The van der Waals surface area contributed by atoms with E-state index in [-0.39, 0.29) is 11.8 Å². The van der Waals surface area contributed by atoms with Gasteiger partial charge in [-0.05, 0) is 31.2 Å². The molecule has 0 spiro atoms. The lowest BCUT2D eigenvalue weighted by molar-refractivity contribution is -0.128. The van der Waals surface area contributed by atoms with E-state index in [0.717, 1.165) is 10.6 Å². The lowest BCUT2D eigenvalue weighted by atomic mass is 10.1. The summed E-state index contributed by atoms with van der Waals surface area (Å²) in [5.41, 5.74) is 1.52. The number of hydrogen-bond donors (Lipinski definition) is 1. The summed E-state index contributed by atoms with van der Waals surface area (Å²) in [4.78, 5) is 27.8. The first-order chi connectivity index (χ1) is 10.5. The summed E-state index contributed by atoms with van der Waals surface area (Å²) in [6, 6.07) is 16.8. The van der Waals surface area contributed by atoms with Gasteiger partial charge in [0.05, 0.1) is 5.69 Å². The molecule has 0 fully saturated rings. The third-order valence-electron chi connectivity index (χ3n) is 3.72. The molecule has 2 aromatic rings. The van der Waals surface area contributed by atoms with Crippen molar-refractivity contribution in [1.82, 2.24) is 0 Å². The van der Waals surface area contributed by atoms with Crippen LogP contribution in [0.15, 0.2) is 59.5 Å². The molecule has 0 aromatic heterocycles. The van der Waals surface area contributed by atoms with Gasteiger partial charge in [-0.2, -0.15) is 0 Å². The topological polar surface area (TPSA) is 49.4 Å². The van der Waals surface area contributed by atoms with E-state index in [0.29, 0.717) is 5.69 Å². The maximum atomic E-state index is 12.7. The van der Waals surface area contributed by atoms with Gasteiger partial charge in [-0.1, -0.05) is 42.1 Å². The number of carbonyl (C=O) groups is 2. The van der Waals surface area contributed by atoms with Gasteiger partial charge in [-0.25, -0.2) is 0 Å². The van der Waals surface area contributed by atoms with Crippen LogP contribution in [0.25, 0.3) is 0 Å². The first kappa shape index (κ1) is 14.7. The second kappa shape index (κ2) is 5.50. The molecule has 1 aliphatic rings. The summed E-state index contributed by atoms with van der Waals surface area (Å²) >= 11 is 1.30. The molecule has 4 nitrogen and oxygen atoms in total. The van der Waals surface area contributed by atoms with E-state index in [1.807, 2.05) is 42.5 Å². The van der Waals surface area contributed by atoms with Crippen molar-refractivity contribution in [2.45, 2.75) is 16.6 Å². The number of nitrogens with zero attached hydrogens (tertiary/aromatic N) is 1. The Kier molecular flexibility index (Phi) is 3.66. The van der Waals surface area contributed by atoms with Crippen molar-refractivity contribution in [2.24, 2.45) is 0 Å². The smallest absolute Gasteiger partial charge is 0.252 e. The van der Waals surface area contributed by atoms with Gasteiger partial charge in [0.15, 0.2) is 4.75 Å². The van der Waals surface area contributed by atoms with Crippen LogP contribution in [0, 0.1) is 0 Å². The predicted octanol–water partition coefficient (Wildman–Crippen LogP) is 3.15. The van der Waals surface area contributed by atoms with Crippen LogP contribution >= 0.6 is 11.8 Å². The molecule has 0 saturated carbocycles. The molecule has 3 rings (SSSR count). The van der Waals surface area contributed by atoms with Crippen molar-refractivity contribution in [2.75, 3.05) is 17.3 Å². The average molecular weight is 312 g/mol. The summed E-state index contributed by atoms with van der Waals surface area (Å²) in [6.45, 7) is 1.67. The van der Waals surface area contributed by atoms with Gasteiger partial charge in [-0.3, -0.25) is 9.59 Å². The molecular weight excluding hydrogens is 296 g/mol. The maximum Gasteiger partial charge on any atom is 0.252 e. The zero-order chi connectivity index (χ0) is 15.7. The summed E-state index contributed by atoms with van der Waals surface area (Å²) in [5, 5.41) is 2.83. The van der Waals surface area contributed by atoms with Crippen molar-refractivity contribution < 1.29 is 9.59 Å². The van der Waals surface area contributed by atoms with Crippen LogP contribution < -0.4 is 10.2 Å². The molecule has 2 aromatic carbocycles. The van der Waals surface area contributed by atoms with E-state index in [2.05, 4.69) is 5.32 Å². The van der Waals surface area contributed by atoms with E-state index in [1.54, 1.807) is 31.0 Å². The molecule has 0 saturated heterocycles. The number of hydrogen-bond acceptors (Lipinski definition) is 3. The molecule has 2 amide bonds. The fourth-order valence-corrected chi connectivity index (χ4v) is 3.69. The predicted molar refractivity (Wildman–Crippen MR) is 89.2 cm³/mol. The number of amides is 2. The van der Waals surface area contributed by atoms with Crippen LogP contribution in [0.4, 0.5) is 11.4 Å². The van der Waals surface area contributed by atoms with E-state index in [4.69, 9.17) is 0 Å². The molecular formula is C17H16N2O2S. The van der Waals surface area contributed by atoms with Crippen molar-refractivity contribution in [1.29, 1.82) is 0 Å². The average Bonchev–Trinajstić information content (AvgIpc) is 2.54. The van der Waals surface area contributed by atoms with Crippen molar-refractivity contribution in [3.63, 3.8) is 0 Å². The van der Waals surface area contributed by atoms with E-state index >= 15 is 0 Å². The highest BCUT2D eigenvalue weighted by atomic mass is 32.2. The zero-order valence-corrected chi connectivity index (χ0v) is 13.2. The van der Waals surface area contributed by atoms with Crippen molar-refractivity contribution >= 4 is 35.0 Å². The standard InChI is InChI=1S/C17H16N2O2S/c1-17(15(20)18-12-8-4-3-5-9-12)16(21)19(2)13-10-6-7-11-14(13)22-17/h3-11H,1-2H3,(H,18,20). The zero-order valence-electron chi connectivity index (χ0n) is 12.4. The minimum absolute atomic E-state index is 0.218. The molecule has 0 radical (unpaired) electrons. The van der Waals surface area contributed by atoms with Crippen molar-refractivity contribution in [3.8, 4) is 0 Å². The Bertz CT molecular complexity index is 732. The molecule has 22 heavy (non-hydrogen) atoms. The van der Waals surface area contributed by atoms with Crippen LogP contribution in [0.2, 0.25) is 0 Å². The Morgan fingerprint density at radius 1 is 1.09 bits per heavy atom. The summed E-state index contributed by atoms with van der Waals surface area (Å²) in [7, 11) is 1.70. The Balaban J connectivity index is 1.92. The quantitative estimate of drug-likeness (QED) is 0.867. The monoisotopic (exact) mass is 312 g/mol. The lowest BCUT2D eigenvalue weighted by Crippen LogP contribution is -2.53. The van der Waals surface area contributed by atoms with Crippen LogP contribution in [-0.2, 0) is 9.59 Å². The number of nitrogens with one attached hydrogen (secondary N) is 1. The first-order valence-corrected chi connectivity index (χ1v) is 7.77. The number of anilines is 2. The van der Waals surface area contributed by atoms with Gasteiger partial charge in [0.2, 0.25) is 5.91 Å². The normalized spacial score (nSPS) is 20.5. The first-order valence-electron chi connectivity index (χ1n) is 6.95. The number of fused-ring (bicyclic) bond motifs is 1. The molecule has 5 heteroatoms. The fourth-order valence-electron chi connectivity index (χ4n) is 2.43. The molecule has 1 aliphatic heterocycles. The van der Waals surface area contributed by atoms with E-state index < -0.39 is 4.75 Å². The molecule has 1 atom stereocenters. The highest BCUT2D eigenvalue weighted by molar-refractivity contribution is 8.02. The van der Waals surface area contributed by atoms with Crippen LogP contribution in [0.5, 0.6) is 0 Å². The van der Waals surface area contributed by atoms with E-state index in [9.17, 15) is 9.59 Å². The molecule has 112 valence electrons. The van der Waals surface area contributed by atoms with Gasteiger partial charge < -0.3 is 10.2 Å². The molecule has 0 bridgehead atoms. The molecule has 1 N–H and O–H groups in total. The van der Waals surface area contributed by atoms with E-state index in [1.165, 1.54) is 11.8 Å². The largest absolute Gasteiger partial charge is 0.324 e. The lowest BCUT2D eigenvalue weighted by Gasteiger charge is -2.36. The second-order valence-electron chi connectivity index (χ2n) is 5.29. The van der Waals surface area contributed by atoms with Gasteiger partial charge >= 0.3 is 0 Å². The summed E-state index contributed by atoms with van der Waals surface area (Å²) < 4.78 is -1.18. The van der Waals surface area contributed by atoms with Crippen LogP contribution in [-0.4, -0.2) is 23.6 Å². The summed E-state index contributed by atoms with van der Waals surface area (Å²) in [5.74, 6) is -0.528. The Morgan fingerprint density at radius 2 is 1.73 bits per heavy atom. The molecule has 0 aliphatic carbocycles. The Hall–Kier alpha value is -2.27. The third kappa shape index (κ3) is 2.37. The van der Waals surface area contributed by atoms with Gasteiger partial charge in [0, 0.05) is 17.6 Å². The number of carbonyl (C=O) groups excluding carboxylic acids is 2. The number of thioether (sulfide) groups is 1. The van der Waals surface area contributed by atoms with Gasteiger partial charge in [0.1, 0.15) is 0 Å².